The predicted molar refractivity (Wildman–Crippen MR) is 61.7 cm³/mol. The Balaban J connectivity index is 2.50. The zero-order valence-electron chi connectivity index (χ0n) is 8.82. The van der Waals surface area contributed by atoms with Crippen LogP contribution < -0.4 is 5.32 Å². The van der Waals surface area contributed by atoms with Gasteiger partial charge >= 0.3 is 5.97 Å². The molecule has 0 amide bonds. The average Bonchev–Trinajstić information content (AvgIpc) is 2.29. The summed E-state index contributed by atoms with van der Waals surface area (Å²) in [5, 5.41) is 3.16. The first kappa shape index (κ1) is 11.3. The summed E-state index contributed by atoms with van der Waals surface area (Å²) in [6.07, 6.45) is 2.14. The molecule has 1 aromatic carbocycles. The van der Waals surface area contributed by atoms with Gasteiger partial charge in [0.05, 0.1) is 13.5 Å². The molecule has 0 saturated carbocycles. The van der Waals surface area contributed by atoms with Crippen molar-refractivity contribution in [1.29, 1.82) is 0 Å². The number of rotatable bonds is 5. The Bertz CT molecular complexity index is 347. The van der Waals surface area contributed by atoms with Gasteiger partial charge in [-0.1, -0.05) is 30.9 Å². The average molecular weight is 205 g/mol. The molecule has 0 radical (unpaired) electrons. The van der Waals surface area contributed by atoms with Gasteiger partial charge in [0, 0.05) is 12.2 Å². The lowest BCUT2D eigenvalue weighted by Crippen LogP contribution is -2.10. The van der Waals surface area contributed by atoms with Crippen molar-refractivity contribution in [1.82, 2.24) is 0 Å². The fourth-order valence-electron chi connectivity index (χ4n) is 1.24. The van der Waals surface area contributed by atoms with Crippen LogP contribution in [0.5, 0.6) is 0 Å². The van der Waals surface area contributed by atoms with E-state index in [2.05, 4.69) is 16.6 Å². The van der Waals surface area contributed by atoms with Gasteiger partial charge in [-0.2, -0.15) is 0 Å². The minimum atomic E-state index is -0.210. The lowest BCUT2D eigenvalue weighted by Gasteiger charge is -2.08. The predicted octanol–water partition coefficient (Wildman–Crippen LogP) is 2.30. The number of hydrogen-bond acceptors (Lipinski definition) is 3. The summed E-state index contributed by atoms with van der Waals surface area (Å²) in [5.74, 6) is -0.210. The fraction of sp³-hybridized carbons (Fsp3) is 0.250. The molecule has 0 fully saturated rings. The first-order chi connectivity index (χ1) is 7.27. The smallest absolute Gasteiger partial charge is 0.307 e. The van der Waals surface area contributed by atoms with Crippen molar-refractivity contribution < 1.29 is 9.53 Å². The summed E-state index contributed by atoms with van der Waals surface area (Å²) in [6.45, 7) is 4.29. The number of anilines is 1. The summed E-state index contributed by atoms with van der Waals surface area (Å²) in [4.78, 5) is 10.9. The van der Waals surface area contributed by atoms with Crippen molar-refractivity contribution >= 4 is 17.7 Å². The van der Waals surface area contributed by atoms with Crippen LogP contribution in [0.3, 0.4) is 0 Å². The third-order valence-electron chi connectivity index (χ3n) is 2.05. The van der Waals surface area contributed by atoms with Gasteiger partial charge in [-0.05, 0) is 11.6 Å². The number of ether oxygens (including phenoxy) is 1. The maximum atomic E-state index is 10.9. The van der Waals surface area contributed by atoms with Crippen LogP contribution in [-0.2, 0) is 9.53 Å². The second-order valence-corrected chi connectivity index (χ2v) is 3.04. The molecule has 1 N–H and O–H groups in total. The lowest BCUT2D eigenvalue weighted by atomic mass is 10.2. The molecule has 3 heteroatoms. The number of carbonyl (C=O) groups excluding carboxylic acids is 1. The topological polar surface area (TPSA) is 38.3 Å². The van der Waals surface area contributed by atoms with Gasteiger partial charge in [0.25, 0.3) is 0 Å². The molecule has 0 aliphatic rings. The molecule has 0 aliphatic carbocycles. The molecule has 0 aromatic heterocycles. The second kappa shape index (κ2) is 5.86. The quantitative estimate of drug-likeness (QED) is 0.749. The van der Waals surface area contributed by atoms with E-state index in [1.54, 1.807) is 6.08 Å². The van der Waals surface area contributed by atoms with E-state index in [9.17, 15) is 4.79 Å². The minimum absolute atomic E-state index is 0.210. The number of para-hydroxylation sites is 1. The van der Waals surface area contributed by atoms with Crippen LogP contribution in [0.15, 0.2) is 30.8 Å². The van der Waals surface area contributed by atoms with E-state index in [1.165, 1.54) is 7.11 Å². The Morgan fingerprint density at radius 2 is 2.27 bits per heavy atom. The van der Waals surface area contributed by atoms with Crippen molar-refractivity contribution in [2.45, 2.75) is 6.42 Å². The van der Waals surface area contributed by atoms with E-state index in [0.29, 0.717) is 13.0 Å². The fourth-order valence-corrected chi connectivity index (χ4v) is 1.24. The van der Waals surface area contributed by atoms with Gasteiger partial charge in [-0.15, -0.1) is 0 Å². The third kappa shape index (κ3) is 3.46. The van der Waals surface area contributed by atoms with Gasteiger partial charge in [0.15, 0.2) is 0 Å². The van der Waals surface area contributed by atoms with Crippen molar-refractivity contribution in [3.8, 4) is 0 Å². The Labute approximate surface area is 89.8 Å². The summed E-state index contributed by atoms with van der Waals surface area (Å²) in [7, 11) is 1.39. The number of hydrogen-bond donors (Lipinski definition) is 1. The summed E-state index contributed by atoms with van der Waals surface area (Å²) >= 11 is 0. The molecule has 0 bridgehead atoms. The molecule has 0 spiro atoms. The van der Waals surface area contributed by atoms with Gasteiger partial charge in [0.2, 0.25) is 0 Å². The van der Waals surface area contributed by atoms with Crippen molar-refractivity contribution in [3.63, 3.8) is 0 Å². The number of methoxy groups -OCH3 is 1. The third-order valence-corrected chi connectivity index (χ3v) is 2.05. The van der Waals surface area contributed by atoms with Crippen LogP contribution >= 0.6 is 0 Å². The highest BCUT2D eigenvalue weighted by Crippen LogP contribution is 2.15. The summed E-state index contributed by atoms with van der Waals surface area (Å²) in [5.41, 5.74) is 2.01. The van der Waals surface area contributed by atoms with E-state index in [0.717, 1.165) is 11.3 Å². The van der Waals surface area contributed by atoms with Crippen molar-refractivity contribution in [2.24, 2.45) is 0 Å². The summed E-state index contributed by atoms with van der Waals surface area (Å²) in [6, 6.07) is 7.80. The molecule has 0 unspecified atom stereocenters. The zero-order valence-corrected chi connectivity index (χ0v) is 8.82. The number of esters is 1. The van der Waals surface area contributed by atoms with Crippen molar-refractivity contribution in [3.05, 3.63) is 36.4 Å². The highest BCUT2D eigenvalue weighted by molar-refractivity contribution is 5.70. The van der Waals surface area contributed by atoms with Gasteiger partial charge in [-0.3, -0.25) is 4.79 Å². The van der Waals surface area contributed by atoms with Gasteiger partial charge in [-0.25, -0.2) is 0 Å². The molecular weight excluding hydrogens is 190 g/mol. The van der Waals surface area contributed by atoms with Crippen LogP contribution in [0, 0.1) is 0 Å². The van der Waals surface area contributed by atoms with E-state index >= 15 is 0 Å². The highest BCUT2D eigenvalue weighted by Gasteiger charge is 2.00. The largest absolute Gasteiger partial charge is 0.469 e. The Kier molecular flexibility index (Phi) is 4.41. The van der Waals surface area contributed by atoms with Crippen LogP contribution in [0.25, 0.3) is 6.08 Å². The molecule has 0 aliphatic heterocycles. The molecule has 1 rings (SSSR count). The molecule has 1 aromatic rings. The monoisotopic (exact) mass is 205 g/mol. The zero-order chi connectivity index (χ0) is 11.1. The standard InChI is InChI=1S/C12H15NO2/c1-3-10-6-4-5-7-11(10)13-9-8-12(14)15-2/h3-7,13H,1,8-9H2,2H3. The Morgan fingerprint density at radius 1 is 1.53 bits per heavy atom. The molecule has 15 heavy (non-hydrogen) atoms. The lowest BCUT2D eigenvalue weighted by molar-refractivity contribution is -0.140. The van der Waals surface area contributed by atoms with Crippen LogP contribution in [0.4, 0.5) is 5.69 Å². The van der Waals surface area contributed by atoms with Crippen molar-refractivity contribution in [2.75, 3.05) is 19.0 Å². The Morgan fingerprint density at radius 3 is 2.93 bits per heavy atom. The van der Waals surface area contributed by atoms with E-state index in [-0.39, 0.29) is 5.97 Å². The van der Waals surface area contributed by atoms with E-state index in [1.807, 2.05) is 24.3 Å². The number of benzene rings is 1. The second-order valence-electron chi connectivity index (χ2n) is 3.04. The molecule has 0 atom stereocenters. The minimum Gasteiger partial charge on any atom is -0.469 e. The molecule has 80 valence electrons. The van der Waals surface area contributed by atoms with E-state index < -0.39 is 0 Å². The molecule has 0 saturated heterocycles. The molecule has 3 nitrogen and oxygen atoms in total. The van der Waals surface area contributed by atoms with Crippen LogP contribution in [-0.4, -0.2) is 19.6 Å². The maximum absolute atomic E-state index is 10.9. The van der Waals surface area contributed by atoms with Gasteiger partial charge in [0.1, 0.15) is 0 Å². The highest BCUT2D eigenvalue weighted by atomic mass is 16.5. The Hall–Kier alpha value is -1.77. The normalized spacial score (nSPS) is 9.40. The van der Waals surface area contributed by atoms with Crippen LogP contribution in [0.1, 0.15) is 12.0 Å². The SMILES string of the molecule is C=Cc1ccccc1NCCC(=O)OC. The first-order valence-corrected chi connectivity index (χ1v) is 4.80. The first-order valence-electron chi connectivity index (χ1n) is 4.80. The molecular formula is C12H15NO2. The summed E-state index contributed by atoms with van der Waals surface area (Å²) < 4.78 is 4.55. The molecule has 0 heterocycles. The maximum Gasteiger partial charge on any atom is 0.307 e. The number of carbonyl (C=O) groups is 1. The van der Waals surface area contributed by atoms with Crippen LogP contribution in [0.2, 0.25) is 0 Å². The van der Waals surface area contributed by atoms with Gasteiger partial charge < -0.3 is 10.1 Å². The van der Waals surface area contributed by atoms with E-state index in [4.69, 9.17) is 0 Å². The number of nitrogens with one attached hydrogen (secondary N) is 1.